The van der Waals surface area contributed by atoms with E-state index in [0.717, 1.165) is 17.7 Å². The standard InChI is InChI=1S/C17H17F3N2O2/c1-12-7-5-6-10-14(12)22-15(23)21-11-16(24,17(18,19)20)13-8-3-2-4-9-13/h2-10,24H,11H2,1H3,(H2,21,22,23)/t16-/m1/s1. The summed E-state index contributed by atoms with van der Waals surface area (Å²) < 4.78 is 39.9. The van der Waals surface area contributed by atoms with Crippen molar-refractivity contribution in [3.63, 3.8) is 0 Å². The van der Waals surface area contributed by atoms with Crippen molar-refractivity contribution in [1.29, 1.82) is 0 Å². The fourth-order valence-corrected chi connectivity index (χ4v) is 2.17. The van der Waals surface area contributed by atoms with Gasteiger partial charge in [0.15, 0.2) is 0 Å². The predicted molar refractivity (Wildman–Crippen MR) is 84.6 cm³/mol. The van der Waals surface area contributed by atoms with Crippen LogP contribution in [-0.4, -0.2) is 23.9 Å². The minimum Gasteiger partial charge on any atom is -0.375 e. The highest BCUT2D eigenvalue weighted by atomic mass is 19.4. The molecule has 2 aromatic rings. The molecule has 0 unspecified atom stereocenters. The van der Waals surface area contributed by atoms with Crippen LogP contribution in [0, 0.1) is 6.92 Å². The highest BCUT2D eigenvalue weighted by Crippen LogP contribution is 2.38. The van der Waals surface area contributed by atoms with Crippen molar-refractivity contribution >= 4 is 11.7 Å². The van der Waals surface area contributed by atoms with Crippen LogP contribution in [0.3, 0.4) is 0 Å². The zero-order valence-electron chi connectivity index (χ0n) is 12.9. The number of amides is 2. The average Bonchev–Trinajstić information content (AvgIpc) is 2.54. The smallest absolute Gasteiger partial charge is 0.375 e. The van der Waals surface area contributed by atoms with Gasteiger partial charge in [0.1, 0.15) is 0 Å². The van der Waals surface area contributed by atoms with Crippen molar-refractivity contribution in [3.05, 3.63) is 65.7 Å². The molecule has 0 aromatic heterocycles. The largest absolute Gasteiger partial charge is 0.423 e. The molecule has 2 aromatic carbocycles. The van der Waals surface area contributed by atoms with Gasteiger partial charge in [0, 0.05) is 5.69 Å². The summed E-state index contributed by atoms with van der Waals surface area (Å²) in [4.78, 5) is 11.9. The first-order valence-corrected chi connectivity index (χ1v) is 7.19. The van der Waals surface area contributed by atoms with Crippen LogP contribution in [0.2, 0.25) is 0 Å². The Hall–Kier alpha value is -2.54. The molecule has 4 nitrogen and oxygen atoms in total. The zero-order chi connectivity index (χ0) is 17.8. The molecule has 0 saturated heterocycles. The molecule has 0 aliphatic heterocycles. The Kier molecular flexibility index (Phi) is 5.14. The summed E-state index contributed by atoms with van der Waals surface area (Å²) in [5.74, 6) is 0. The molecule has 7 heteroatoms. The normalized spacial score (nSPS) is 13.9. The lowest BCUT2D eigenvalue weighted by Crippen LogP contribution is -2.51. The fourth-order valence-electron chi connectivity index (χ4n) is 2.17. The summed E-state index contributed by atoms with van der Waals surface area (Å²) in [5.41, 5.74) is -2.27. The number of aliphatic hydroxyl groups is 1. The van der Waals surface area contributed by atoms with E-state index < -0.39 is 24.4 Å². The van der Waals surface area contributed by atoms with Gasteiger partial charge in [0.05, 0.1) is 6.54 Å². The zero-order valence-corrected chi connectivity index (χ0v) is 12.9. The Balaban J connectivity index is 2.12. The number of halogens is 3. The molecule has 0 aliphatic rings. The maximum atomic E-state index is 13.3. The highest BCUT2D eigenvalue weighted by molar-refractivity contribution is 5.90. The number of urea groups is 1. The lowest BCUT2D eigenvalue weighted by atomic mass is 9.93. The Bertz CT molecular complexity index is 704. The monoisotopic (exact) mass is 338 g/mol. The van der Waals surface area contributed by atoms with Crippen LogP contribution in [-0.2, 0) is 5.60 Å². The molecule has 128 valence electrons. The Morgan fingerprint density at radius 3 is 2.21 bits per heavy atom. The molecule has 0 aliphatic carbocycles. The number of anilines is 1. The lowest BCUT2D eigenvalue weighted by Gasteiger charge is -2.31. The molecule has 2 rings (SSSR count). The minimum atomic E-state index is -4.94. The number of carbonyl (C=O) groups excluding carboxylic acids is 1. The van der Waals surface area contributed by atoms with Crippen molar-refractivity contribution in [2.75, 3.05) is 11.9 Å². The first-order valence-electron chi connectivity index (χ1n) is 7.19. The molecule has 3 N–H and O–H groups in total. The summed E-state index contributed by atoms with van der Waals surface area (Å²) >= 11 is 0. The first-order chi connectivity index (χ1) is 11.2. The molecular formula is C17H17F3N2O2. The van der Waals surface area contributed by atoms with Gasteiger partial charge in [-0.2, -0.15) is 13.2 Å². The van der Waals surface area contributed by atoms with Crippen LogP contribution in [0.15, 0.2) is 54.6 Å². The van der Waals surface area contributed by atoms with Gasteiger partial charge >= 0.3 is 12.2 Å². The van der Waals surface area contributed by atoms with Crippen molar-refractivity contribution < 1.29 is 23.1 Å². The van der Waals surface area contributed by atoms with E-state index in [-0.39, 0.29) is 5.56 Å². The van der Waals surface area contributed by atoms with E-state index in [4.69, 9.17) is 0 Å². The summed E-state index contributed by atoms with van der Waals surface area (Å²) in [6, 6.07) is 12.7. The van der Waals surface area contributed by atoms with E-state index in [2.05, 4.69) is 10.6 Å². The number of alkyl halides is 3. The molecule has 0 spiro atoms. The number of nitrogens with one attached hydrogen (secondary N) is 2. The summed E-state index contributed by atoms with van der Waals surface area (Å²) in [6.45, 7) is 0.754. The van der Waals surface area contributed by atoms with Gasteiger partial charge in [0.2, 0.25) is 5.60 Å². The number of benzene rings is 2. The van der Waals surface area contributed by atoms with E-state index in [1.54, 1.807) is 37.3 Å². The molecule has 24 heavy (non-hydrogen) atoms. The average molecular weight is 338 g/mol. The van der Waals surface area contributed by atoms with Crippen LogP contribution >= 0.6 is 0 Å². The predicted octanol–water partition coefficient (Wildman–Crippen LogP) is 3.57. The minimum absolute atomic E-state index is 0.339. The molecule has 0 fully saturated rings. The number of carbonyl (C=O) groups is 1. The Morgan fingerprint density at radius 2 is 1.62 bits per heavy atom. The SMILES string of the molecule is Cc1ccccc1NC(=O)NC[C@@](O)(c1ccccc1)C(F)(F)F. The van der Waals surface area contributed by atoms with E-state index in [1.807, 2.05) is 0 Å². The van der Waals surface area contributed by atoms with Crippen molar-refractivity contribution in [2.45, 2.75) is 18.7 Å². The quantitative estimate of drug-likeness (QED) is 0.798. The van der Waals surface area contributed by atoms with Gasteiger partial charge in [-0.3, -0.25) is 0 Å². The van der Waals surface area contributed by atoms with E-state index in [1.165, 1.54) is 12.1 Å². The Labute approximate surface area is 137 Å². The van der Waals surface area contributed by atoms with Crippen molar-refractivity contribution in [3.8, 4) is 0 Å². The maximum Gasteiger partial charge on any atom is 0.423 e. The second-order valence-corrected chi connectivity index (χ2v) is 5.35. The van der Waals surface area contributed by atoms with Gasteiger partial charge in [-0.05, 0) is 24.1 Å². The summed E-state index contributed by atoms with van der Waals surface area (Å²) in [7, 11) is 0. The summed E-state index contributed by atoms with van der Waals surface area (Å²) in [5, 5.41) is 14.7. The van der Waals surface area contributed by atoms with Gasteiger partial charge in [-0.25, -0.2) is 4.79 Å². The van der Waals surface area contributed by atoms with Gasteiger partial charge in [-0.15, -0.1) is 0 Å². The number of para-hydroxylation sites is 1. The number of aryl methyl sites for hydroxylation is 1. The van der Waals surface area contributed by atoms with Crippen LogP contribution < -0.4 is 10.6 Å². The van der Waals surface area contributed by atoms with Gasteiger partial charge < -0.3 is 15.7 Å². The maximum absolute atomic E-state index is 13.3. The molecule has 2 amide bonds. The topological polar surface area (TPSA) is 61.4 Å². The number of hydrogen-bond donors (Lipinski definition) is 3. The molecule has 0 radical (unpaired) electrons. The van der Waals surface area contributed by atoms with Crippen molar-refractivity contribution in [1.82, 2.24) is 5.32 Å². The first kappa shape index (κ1) is 17.8. The van der Waals surface area contributed by atoms with Crippen LogP contribution in [0.1, 0.15) is 11.1 Å². The van der Waals surface area contributed by atoms with E-state index in [9.17, 15) is 23.1 Å². The molecule has 0 saturated carbocycles. The van der Waals surface area contributed by atoms with Crippen molar-refractivity contribution in [2.24, 2.45) is 0 Å². The molecule has 0 heterocycles. The van der Waals surface area contributed by atoms with E-state index in [0.29, 0.717) is 5.69 Å². The molecular weight excluding hydrogens is 321 g/mol. The molecule has 0 bridgehead atoms. The lowest BCUT2D eigenvalue weighted by molar-refractivity contribution is -0.263. The number of rotatable bonds is 4. The van der Waals surface area contributed by atoms with E-state index >= 15 is 0 Å². The molecule has 1 atom stereocenters. The second-order valence-electron chi connectivity index (χ2n) is 5.35. The second kappa shape index (κ2) is 6.92. The summed E-state index contributed by atoms with van der Waals surface area (Å²) in [6.07, 6.45) is -4.94. The number of hydrogen-bond acceptors (Lipinski definition) is 2. The third-order valence-electron chi connectivity index (χ3n) is 3.62. The third-order valence-corrected chi connectivity index (χ3v) is 3.62. The fraction of sp³-hybridized carbons (Fsp3) is 0.235. The van der Waals surface area contributed by atoms with Gasteiger partial charge in [-0.1, -0.05) is 48.5 Å². The van der Waals surface area contributed by atoms with Crippen LogP contribution in [0.4, 0.5) is 23.7 Å². The third kappa shape index (κ3) is 3.86. The van der Waals surface area contributed by atoms with Crippen LogP contribution in [0.5, 0.6) is 0 Å². The van der Waals surface area contributed by atoms with Crippen LogP contribution in [0.25, 0.3) is 0 Å². The Morgan fingerprint density at radius 1 is 1.04 bits per heavy atom. The highest BCUT2D eigenvalue weighted by Gasteiger charge is 2.55. The van der Waals surface area contributed by atoms with Gasteiger partial charge in [0.25, 0.3) is 0 Å².